The zero-order chi connectivity index (χ0) is 24.9. The van der Waals surface area contributed by atoms with Gasteiger partial charge in [-0.15, -0.1) is 0 Å². The van der Waals surface area contributed by atoms with E-state index in [4.69, 9.17) is 21.3 Å². The van der Waals surface area contributed by atoms with E-state index in [-0.39, 0.29) is 16.9 Å². The molecule has 10 heteroatoms. The summed E-state index contributed by atoms with van der Waals surface area (Å²) in [5, 5.41) is 22.7. The lowest BCUT2D eigenvalue weighted by Crippen LogP contribution is -2.27. The maximum Gasteiger partial charge on any atom is 0.356 e. The zero-order valence-corrected chi connectivity index (χ0v) is 20.4. The molecule has 3 atom stereocenters. The average Bonchev–Trinajstić information content (AvgIpc) is 3.26. The number of pyridine rings is 1. The van der Waals surface area contributed by atoms with Crippen molar-refractivity contribution in [2.45, 2.75) is 19.9 Å². The fraction of sp³-hybridized carbons (Fsp3) is 0.400. The number of hydrogen-bond acceptors (Lipinski definition) is 8. The molecule has 1 saturated heterocycles. The molecule has 5 rings (SSSR count). The monoisotopic (exact) mass is 492 g/mol. The van der Waals surface area contributed by atoms with E-state index in [1.807, 2.05) is 26.0 Å². The van der Waals surface area contributed by atoms with Gasteiger partial charge in [0.1, 0.15) is 11.2 Å². The lowest BCUT2D eigenvalue weighted by Gasteiger charge is -2.23. The molecular weight excluding hydrogens is 468 g/mol. The van der Waals surface area contributed by atoms with Crippen LogP contribution in [-0.2, 0) is 4.74 Å². The number of aryl methyl sites for hydroxylation is 1. The molecule has 1 aliphatic carbocycles. The Bertz CT molecular complexity index is 1360. The molecule has 2 fully saturated rings. The molecule has 2 aliphatic rings. The number of aromatic carboxylic acids is 1. The molecular formula is C25H25ClN6O3. The standard InChI is InChI=1S/C25H25ClN6O3/c1-12-6-14(13(2)28-18-4-5-21(26)30-23(18)25(33)34)22-19(7-12)29-20(8-27)24(31-22)32-9-15-16(10-32)17(15)11-35-3/h4-7,13,15-17,28H,9-11H2,1-3H3,(H,33,34)/t13-,15-,16-/m1/s1. The third kappa shape index (κ3) is 4.24. The third-order valence-corrected chi connectivity index (χ3v) is 7.17. The molecule has 180 valence electrons. The number of rotatable bonds is 7. The van der Waals surface area contributed by atoms with Crippen LogP contribution in [0.15, 0.2) is 24.3 Å². The van der Waals surface area contributed by atoms with Gasteiger partial charge in [-0.2, -0.15) is 5.26 Å². The normalized spacial score (nSPS) is 21.5. The van der Waals surface area contributed by atoms with E-state index in [1.165, 1.54) is 0 Å². The number of carboxylic acids is 1. The van der Waals surface area contributed by atoms with E-state index < -0.39 is 5.97 Å². The molecule has 0 spiro atoms. The number of piperidine rings is 1. The minimum Gasteiger partial charge on any atom is -0.476 e. The predicted octanol–water partition coefficient (Wildman–Crippen LogP) is 4.06. The number of halogens is 1. The van der Waals surface area contributed by atoms with Crippen LogP contribution < -0.4 is 10.2 Å². The van der Waals surface area contributed by atoms with Crippen LogP contribution in [-0.4, -0.2) is 52.8 Å². The second kappa shape index (κ2) is 8.95. The van der Waals surface area contributed by atoms with Crippen molar-refractivity contribution < 1.29 is 14.6 Å². The molecule has 1 aromatic carbocycles. The number of nitriles is 1. The van der Waals surface area contributed by atoms with E-state index >= 15 is 0 Å². The lowest BCUT2D eigenvalue weighted by atomic mass is 10.0. The van der Waals surface area contributed by atoms with Gasteiger partial charge < -0.3 is 20.1 Å². The number of anilines is 2. The molecule has 9 nitrogen and oxygen atoms in total. The maximum atomic E-state index is 11.7. The summed E-state index contributed by atoms with van der Waals surface area (Å²) in [5.41, 5.74) is 3.64. The molecule has 3 heterocycles. The largest absolute Gasteiger partial charge is 0.476 e. The number of carbonyl (C=O) groups is 1. The minimum atomic E-state index is -1.17. The number of nitrogens with zero attached hydrogens (tertiary/aromatic N) is 5. The summed E-state index contributed by atoms with van der Waals surface area (Å²) < 4.78 is 5.32. The Balaban J connectivity index is 1.51. The summed E-state index contributed by atoms with van der Waals surface area (Å²) in [5.74, 6) is 1.12. The van der Waals surface area contributed by atoms with E-state index in [0.717, 1.165) is 30.8 Å². The number of aromatic nitrogens is 3. The molecule has 3 aromatic rings. The van der Waals surface area contributed by atoms with E-state index in [9.17, 15) is 15.2 Å². The molecule has 35 heavy (non-hydrogen) atoms. The Kier molecular flexibility index (Phi) is 5.95. The van der Waals surface area contributed by atoms with Gasteiger partial charge in [-0.3, -0.25) is 0 Å². The summed E-state index contributed by atoms with van der Waals surface area (Å²) in [6, 6.07) is 8.97. The van der Waals surface area contributed by atoms with Crippen LogP contribution in [0, 0.1) is 36.0 Å². The molecule has 0 unspecified atom stereocenters. The van der Waals surface area contributed by atoms with Crippen LogP contribution in [0.25, 0.3) is 11.0 Å². The molecule has 2 aromatic heterocycles. The van der Waals surface area contributed by atoms with Crippen molar-refractivity contribution in [1.29, 1.82) is 5.26 Å². The number of ether oxygens (including phenoxy) is 1. The highest BCUT2D eigenvalue weighted by Crippen LogP contribution is 2.52. The Hall–Kier alpha value is -3.48. The third-order valence-electron chi connectivity index (χ3n) is 6.96. The highest BCUT2D eigenvalue weighted by molar-refractivity contribution is 6.29. The van der Waals surface area contributed by atoms with Gasteiger partial charge in [-0.05, 0) is 55.4 Å². The number of methoxy groups -OCH3 is 1. The number of nitrogens with one attached hydrogen (secondary N) is 1. The summed E-state index contributed by atoms with van der Waals surface area (Å²) >= 11 is 5.90. The van der Waals surface area contributed by atoms with E-state index in [2.05, 4.69) is 26.3 Å². The second-order valence-corrected chi connectivity index (χ2v) is 9.67. The summed E-state index contributed by atoms with van der Waals surface area (Å²) in [6.07, 6.45) is 0. The Morgan fingerprint density at radius 3 is 2.71 bits per heavy atom. The first kappa shape index (κ1) is 23.3. The first-order valence-corrected chi connectivity index (χ1v) is 11.8. The second-order valence-electron chi connectivity index (χ2n) is 9.28. The molecule has 0 amide bonds. The van der Waals surface area contributed by atoms with E-state index in [0.29, 0.717) is 46.0 Å². The zero-order valence-electron chi connectivity index (χ0n) is 19.6. The minimum absolute atomic E-state index is 0.109. The first-order chi connectivity index (χ1) is 16.8. The van der Waals surface area contributed by atoms with Gasteiger partial charge in [0.05, 0.1) is 22.8 Å². The van der Waals surface area contributed by atoms with Crippen molar-refractivity contribution in [3.05, 3.63) is 51.9 Å². The molecule has 2 N–H and O–H groups in total. The molecule has 0 radical (unpaired) electrons. The van der Waals surface area contributed by atoms with Gasteiger partial charge >= 0.3 is 5.97 Å². The average molecular weight is 493 g/mol. The Morgan fingerprint density at radius 1 is 1.31 bits per heavy atom. The summed E-state index contributed by atoms with van der Waals surface area (Å²) in [4.78, 5) is 27.4. The van der Waals surface area contributed by atoms with Crippen LogP contribution in [0.4, 0.5) is 11.5 Å². The highest BCUT2D eigenvalue weighted by atomic mass is 35.5. The van der Waals surface area contributed by atoms with Gasteiger partial charge in [-0.1, -0.05) is 17.7 Å². The fourth-order valence-electron chi connectivity index (χ4n) is 5.24. The Morgan fingerprint density at radius 2 is 2.06 bits per heavy atom. The van der Waals surface area contributed by atoms with Crippen LogP contribution >= 0.6 is 11.6 Å². The van der Waals surface area contributed by atoms with Crippen LogP contribution in [0.3, 0.4) is 0 Å². The van der Waals surface area contributed by atoms with Crippen molar-refractivity contribution in [3.63, 3.8) is 0 Å². The van der Waals surface area contributed by atoms with E-state index in [1.54, 1.807) is 19.2 Å². The topological polar surface area (TPSA) is 124 Å². The molecule has 1 aliphatic heterocycles. The van der Waals surface area contributed by atoms with Crippen LogP contribution in [0.2, 0.25) is 5.15 Å². The summed E-state index contributed by atoms with van der Waals surface area (Å²) in [7, 11) is 1.73. The van der Waals surface area contributed by atoms with Gasteiger partial charge in [-0.25, -0.2) is 19.7 Å². The van der Waals surface area contributed by atoms with Crippen molar-refractivity contribution in [2.24, 2.45) is 17.8 Å². The number of carboxylic acid groups (broad SMARTS) is 1. The van der Waals surface area contributed by atoms with Crippen molar-refractivity contribution in [3.8, 4) is 6.07 Å². The smallest absolute Gasteiger partial charge is 0.356 e. The van der Waals surface area contributed by atoms with Gasteiger partial charge in [0.25, 0.3) is 0 Å². The Labute approximate surface area is 207 Å². The molecule has 1 saturated carbocycles. The summed E-state index contributed by atoms with van der Waals surface area (Å²) in [6.45, 7) is 6.31. The highest BCUT2D eigenvalue weighted by Gasteiger charge is 2.56. The van der Waals surface area contributed by atoms with Crippen LogP contribution in [0.1, 0.15) is 40.3 Å². The quantitative estimate of drug-likeness (QED) is 0.469. The van der Waals surface area contributed by atoms with Gasteiger partial charge in [0.15, 0.2) is 17.2 Å². The SMILES string of the molecule is COCC1[C@@H]2CN(c3nc4c([C@@H](C)Nc5ccc(Cl)nc5C(=O)O)cc(C)cc4nc3C#N)C[C@@H]12. The van der Waals surface area contributed by atoms with Crippen LogP contribution in [0.5, 0.6) is 0 Å². The van der Waals surface area contributed by atoms with Gasteiger partial charge in [0, 0.05) is 32.4 Å². The van der Waals surface area contributed by atoms with Crippen molar-refractivity contribution >= 4 is 40.1 Å². The van der Waals surface area contributed by atoms with Gasteiger partial charge in [0.2, 0.25) is 0 Å². The fourth-order valence-corrected chi connectivity index (χ4v) is 5.38. The van der Waals surface area contributed by atoms with Crippen molar-refractivity contribution in [2.75, 3.05) is 37.0 Å². The first-order valence-electron chi connectivity index (χ1n) is 11.4. The molecule has 0 bridgehead atoms. The number of hydrogen-bond donors (Lipinski definition) is 2. The predicted molar refractivity (Wildman–Crippen MR) is 132 cm³/mol. The maximum absolute atomic E-state index is 11.7. The lowest BCUT2D eigenvalue weighted by molar-refractivity contribution is 0.0691. The number of fused-ring (bicyclic) bond motifs is 2. The van der Waals surface area contributed by atoms with Crippen molar-refractivity contribution in [1.82, 2.24) is 15.0 Å². The number of benzene rings is 1.